The van der Waals surface area contributed by atoms with Crippen LogP contribution in [0.3, 0.4) is 0 Å². The minimum Gasteiger partial charge on any atom is -0.493 e. The molecule has 4 rings (SSSR count). The Hall–Kier alpha value is -3.01. The Bertz CT molecular complexity index is 1030. The van der Waals surface area contributed by atoms with Gasteiger partial charge in [0.25, 0.3) is 0 Å². The first-order valence-corrected chi connectivity index (χ1v) is 9.29. The molecule has 0 spiro atoms. The van der Waals surface area contributed by atoms with Gasteiger partial charge in [-0.05, 0) is 56.0 Å². The average Bonchev–Trinajstić information content (AvgIpc) is 3.20. The highest BCUT2D eigenvalue weighted by Gasteiger charge is 2.19. The Kier molecular flexibility index (Phi) is 4.97. The molecule has 1 fully saturated rings. The van der Waals surface area contributed by atoms with Crippen LogP contribution in [0.25, 0.3) is 23.1 Å². The topological polar surface area (TPSA) is 48.7 Å². The normalized spacial score (nSPS) is 14.9. The van der Waals surface area contributed by atoms with Crippen molar-refractivity contribution >= 4 is 23.1 Å². The molecule has 4 nitrogen and oxygen atoms in total. The number of methoxy groups -OCH3 is 1. The summed E-state index contributed by atoms with van der Waals surface area (Å²) >= 11 is 0. The summed E-state index contributed by atoms with van der Waals surface area (Å²) in [6.07, 6.45) is 8.47. The van der Waals surface area contributed by atoms with Crippen LogP contribution in [0.1, 0.15) is 37.0 Å². The van der Waals surface area contributed by atoms with Crippen LogP contribution in [0.5, 0.6) is 11.5 Å². The molecule has 1 heterocycles. The molecule has 4 heteroatoms. The van der Waals surface area contributed by atoms with Crippen LogP contribution in [-0.2, 0) is 0 Å². The van der Waals surface area contributed by atoms with E-state index in [9.17, 15) is 4.79 Å². The molecule has 0 radical (unpaired) electrons. The van der Waals surface area contributed by atoms with Crippen molar-refractivity contribution in [2.45, 2.75) is 31.8 Å². The highest BCUT2D eigenvalue weighted by atomic mass is 16.5. The number of benzene rings is 2. The fourth-order valence-corrected chi connectivity index (χ4v) is 3.50. The van der Waals surface area contributed by atoms with Gasteiger partial charge in [0.05, 0.1) is 18.6 Å². The maximum atomic E-state index is 12.3. The summed E-state index contributed by atoms with van der Waals surface area (Å²) in [5, 5.41) is 0.585. The predicted molar refractivity (Wildman–Crippen MR) is 107 cm³/mol. The fraction of sp³-hybridized carbons (Fsp3) is 0.261. The van der Waals surface area contributed by atoms with Gasteiger partial charge in [-0.3, -0.25) is 4.79 Å². The van der Waals surface area contributed by atoms with Gasteiger partial charge in [-0.15, -0.1) is 0 Å². The quantitative estimate of drug-likeness (QED) is 0.618. The summed E-state index contributed by atoms with van der Waals surface area (Å²) in [6, 6.07) is 14.6. The van der Waals surface area contributed by atoms with Crippen molar-refractivity contribution in [1.29, 1.82) is 0 Å². The lowest BCUT2D eigenvalue weighted by Crippen LogP contribution is -2.12. The summed E-state index contributed by atoms with van der Waals surface area (Å²) in [5.74, 6) is 1.96. The molecule has 138 valence electrons. The molecule has 1 aliphatic carbocycles. The van der Waals surface area contributed by atoms with Crippen molar-refractivity contribution < 1.29 is 13.9 Å². The van der Waals surface area contributed by atoms with Crippen LogP contribution in [0.15, 0.2) is 57.7 Å². The molecule has 0 amide bonds. The molecule has 0 aliphatic heterocycles. The van der Waals surface area contributed by atoms with E-state index in [2.05, 4.69) is 0 Å². The van der Waals surface area contributed by atoms with Gasteiger partial charge in [0.15, 0.2) is 16.9 Å². The van der Waals surface area contributed by atoms with Crippen molar-refractivity contribution in [3.63, 3.8) is 0 Å². The minimum absolute atomic E-state index is 0.0513. The molecule has 2 aromatic carbocycles. The van der Waals surface area contributed by atoms with Crippen LogP contribution >= 0.6 is 0 Å². The van der Waals surface area contributed by atoms with E-state index in [1.165, 1.54) is 18.9 Å². The predicted octanol–water partition coefficient (Wildman–Crippen LogP) is 5.29. The van der Waals surface area contributed by atoms with Crippen molar-refractivity contribution in [3.8, 4) is 11.5 Å². The van der Waals surface area contributed by atoms with Crippen LogP contribution < -0.4 is 14.9 Å². The minimum atomic E-state index is -0.0513. The van der Waals surface area contributed by atoms with Crippen LogP contribution in [-0.4, -0.2) is 13.2 Å². The first-order chi connectivity index (χ1) is 13.2. The zero-order valence-corrected chi connectivity index (χ0v) is 15.3. The summed E-state index contributed by atoms with van der Waals surface area (Å²) in [6.45, 7) is 0. The van der Waals surface area contributed by atoms with Crippen LogP contribution in [0.4, 0.5) is 0 Å². The van der Waals surface area contributed by atoms with Gasteiger partial charge in [0, 0.05) is 11.6 Å². The first-order valence-electron chi connectivity index (χ1n) is 9.29. The highest BCUT2D eigenvalue weighted by Crippen LogP contribution is 2.35. The smallest absolute Gasteiger partial charge is 0.193 e. The number of hydrogen-bond acceptors (Lipinski definition) is 4. The lowest BCUT2D eigenvalue weighted by atomic mass is 10.1. The third-order valence-electron chi connectivity index (χ3n) is 4.90. The van der Waals surface area contributed by atoms with Gasteiger partial charge >= 0.3 is 0 Å². The van der Waals surface area contributed by atoms with Gasteiger partial charge in [-0.2, -0.15) is 0 Å². The Morgan fingerprint density at radius 1 is 1.04 bits per heavy atom. The number of para-hydroxylation sites is 2. The molecule has 0 bridgehead atoms. The third kappa shape index (κ3) is 3.75. The maximum absolute atomic E-state index is 12.3. The molecule has 1 saturated carbocycles. The molecule has 0 unspecified atom stereocenters. The molecule has 27 heavy (non-hydrogen) atoms. The monoisotopic (exact) mass is 362 g/mol. The van der Waals surface area contributed by atoms with Gasteiger partial charge in [0.2, 0.25) is 0 Å². The molecule has 0 N–H and O–H groups in total. The fourth-order valence-electron chi connectivity index (χ4n) is 3.50. The van der Waals surface area contributed by atoms with Crippen molar-refractivity contribution in [2.75, 3.05) is 7.11 Å². The van der Waals surface area contributed by atoms with E-state index in [4.69, 9.17) is 13.9 Å². The van der Waals surface area contributed by atoms with E-state index in [0.717, 1.165) is 24.2 Å². The largest absolute Gasteiger partial charge is 0.493 e. The molecular formula is C23H22O4. The Morgan fingerprint density at radius 2 is 1.85 bits per heavy atom. The lowest BCUT2D eigenvalue weighted by molar-refractivity contribution is 0.200. The second-order valence-corrected chi connectivity index (χ2v) is 6.75. The van der Waals surface area contributed by atoms with E-state index in [0.29, 0.717) is 22.5 Å². The molecule has 1 aromatic heterocycles. The Labute approximate surface area is 158 Å². The Balaban J connectivity index is 1.68. The van der Waals surface area contributed by atoms with Crippen LogP contribution in [0, 0.1) is 0 Å². The SMILES string of the molecule is COc1cccc(/C=C/c2cc(=O)c3ccccc3o2)c1OC1CCCC1. The maximum Gasteiger partial charge on any atom is 0.193 e. The molecular weight excluding hydrogens is 340 g/mol. The first kappa shape index (κ1) is 17.4. The number of rotatable bonds is 5. The second kappa shape index (κ2) is 7.70. The molecule has 3 aromatic rings. The van der Waals surface area contributed by atoms with Crippen molar-refractivity contribution in [3.05, 3.63) is 70.1 Å². The average molecular weight is 362 g/mol. The zero-order valence-electron chi connectivity index (χ0n) is 15.3. The number of fused-ring (bicyclic) bond motifs is 1. The Morgan fingerprint density at radius 3 is 2.67 bits per heavy atom. The van der Waals surface area contributed by atoms with Gasteiger partial charge in [-0.25, -0.2) is 0 Å². The zero-order chi connectivity index (χ0) is 18.6. The molecule has 0 atom stereocenters. The number of ether oxygens (including phenoxy) is 2. The van der Waals surface area contributed by atoms with Gasteiger partial charge < -0.3 is 13.9 Å². The standard InChI is InChI=1S/C23H22O4/c1-25-22-12-6-7-16(23(22)27-17-8-2-3-9-17)13-14-18-15-20(24)19-10-4-5-11-21(19)26-18/h4-7,10-15,17H,2-3,8-9H2,1H3/b14-13+. The van der Waals surface area contributed by atoms with E-state index in [-0.39, 0.29) is 11.5 Å². The van der Waals surface area contributed by atoms with E-state index >= 15 is 0 Å². The van der Waals surface area contributed by atoms with E-state index in [1.54, 1.807) is 25.3 Å². The van der Waals surface area contributed by atoms with Crippen molar-refractivity contribution in [1.82, 2.24) is 0 Å². The highest BCUT2D eigenvalue weighted by molar-refractivity contribution is 5.79. The van der Waals surface area contributed by atoms with Crippen molar-refractivity contribution in [2.24, 2.45) is 0 Å². The summed E-state index contributed by atoms with van der Waals surface area (Å²) in [4.78, 5) is 12.3. The summed E-state index contributed by atoms with van der Waals surface area (Å²) in [7, 11) is 1.65. The van der Waals surface area contributed by atoms with Gasteiger partial charge in [0.1, 0.15) is 11.3 Å². The molecule has 1 aliphatic rings. The summed E-state index contributed by atoms with van der Waals surface area (Å²) < 4.78 is 17.6. The van der Waals surface area contributed by atoms with Crippen LogP contribution in [0.2, 0.25) is 0 Å². The van der Waals surface area contributed by atoms with E-state index in [1.807, 2.05) is 36.4 Å². The second-order valence-electron chi connectivity index (χ2n) is 6.75. The lowest BCUT2D eigenvalue weighted by Gasteiger charge is -2.18. The third-order valence-corrected chi connectivity index (χ3v) is 4.90. The van der Waals surface area contributed by atoms with E-state index < -0.39 is 0 Å². The molecule has 0 saturated heterocycles. The van der Waals surface area contributed by atoms with Gasteiger partial charge in [-0.1, -0.05) is 24.3 Å². The summed E-state index contributed by atoms with van der Waals surface area (Å²) in [5.41, 5.74) is 1.43. The number of hydrogen-bond donors (Lipinski definition) is 0.